The fourth-order valence-electron chi connectivity index (χ4n) is 2.11. The fourth-order valence-corrected chi connectivity index (χ4v) is 2.36. The number of carbonyl (C=O) groups is 1. The van der Waals surface area contributed by atoms with Crippen LogP contribution in [0.3, 0.4) is 0 Å². The van der Waals surface area contributed by atoms with Gasteiger partial charge in [-0.3, -0.25) is 9.69 Å². The molecule has 0 unspecified atom stereocenters. The number of aromatic nitrogens is 3. The number of carboxylic acid groups (broad SMARTS) is 1. The van der Waals surface area contributed by atoms with Crippen LogP contribution in [0.2, 0.25) is 5.02 Å². The Kier molecular flexibility index (Phi) is 5.46. The van der Waals surface area contributed by atoms with Crippen LogP contribution in [0.1, 0.15) is 19.0 Å². The first-order valence-corrected chi connectivity index (χ1v) is 7.18. The van der Waals surface area contributed by atoms with E-state index in [0.29, 0.717) is 24.5 Å². The van der Waals surface area contributed by atoms with Crippen LogP contribution in [0, 0.1) is 5.82 Å². The lowest BCUT2D eigenvalue weighted by Gasteiger charge is -2.17. The van der Waals surface area contributed by atoms with E-state index in [1.165, 1.54) is 22.9 Å². The van der Waals surface area contributed by atoms with Crippen molar-refractivity contribution >= 4 is 17.6 Å². The summed E-state index contributed by atoms with van der Waals surface area (Å²) in [5.74, 6) is -1.31. The molecule has 0 radical (unpaired) electrons. The van der Waals surface area contributed by atoms with Gasteiger partial charge in [-0.1, -0.05) is 23.7 Å². The average Bonchev–Trinajstić information content (AvgIpc) is 2.86. The molecule has 1 aromatic heterocycles. The third kappa shape index (κ3) is 4.25. The molecule has 2 aromatic rings. The van der Waals surface area contributed by atoms with Crippen molar-refractivity contribution in [1.29, 1.82) is 0 Å². The normalized spacial score (nSPS) is 11.1. The maximum atomic E-state index is 13.1. The zero-order chi connectivity index (χ0) is 16.1. The van der Waals surface area contributed by atoms with Gasteiger partial charge < -0.3 is 5.11 Å². The number of nitrogens with zero attached hydrogens (tertiary/aromatic N) is 4. The van der Waals surface area contributed by atoms with Crippen molar-refractivity contribution in [2.24, 2.45) is 0 Å². The fraction of sp³-hybridized carbons (Fsp3) is 0.357. The van der Waals surface area contributed by atoms with Crippen LogP contribution in [0.5, 0.6) is 0 Å². The molecule has 6 nitrogen and oxygen atoms in total. The summed E-state index contributed by atoms with van der Waals surface area (Å²) in [6.45, 7) is 2.94. The summed E-state index contributed by atoms with van der Waals surface area (Å²) in [5.41, 5.74) is 1.14. The van der Waals surface area contributed by atoms with Gasteiger partial charge in [0.1, 0.15) is 5.82 Å². The highest BCUT2D eigenvalue weighted by atomic mass is 35.5. The van der Waals surface area contributed by atoms with E-state index in [4.69, 9.17) is 16.7 Å². The molecule has 0 bridgehead atoms. The van der Waals surface area contributed by atoms with E-state index in [1.54, 1.807) is 11.1 Å². The van der Waals surface area contributed by atoms with E-state index in [0.717, 1.165) is 6.42 Å². The summed E-state index contributed by atoms with van der Waals surface area (Å²) in [7, 11) is 0. The molecular formula is C14H16ClFN4O2. The molecule has 0 saturated heterocycles. The van der Waals surface area contributed by atoms with Crippen LogP contribution in [0.15, 0.2) is 24.4 Å². The molecule has 1 heterocycles. The molecule has 118 valence electrons. The van der Waals surface area contributed by atoms with Crippen molar-refractivity contribution in [1.82, 2.24) is 19.9 Å². The standard InChI is InChI=1S/C14H16ClFN4O2/c1-2-5-19(9-14(21)22)7-11-8-20(18-17-11)13-4-3-10(16)6-12(13)15/h3-4,6,8H,2,5,7,9H2,1H3,(H,21,22). The van der Waals surface area contributed by atoms with Crippen molar-refractivity contribution in [2.75, 3.05) is 13.1 Å². The summed E-state index contributed by atoms with van der Waals surface area (Å²) in [6, 6.07) is 4.00. The van der Waals surface area contributed by atoms with E-state index in [9.17, 15) is 9.18 Å². The van der Waals surface area contributed by atoms with Crippen molar-refractivity contribution in [3.05, 3.63) is 40.9 Å². The van der Waals surface area contributed by atoms with Gasteiger partial charge in [-0.2, -0.15) is 0 Å². The molecular weight excluding hydrogens is 311 g/mol. The molecule has 0 atom stereocenters. The first-order valence-electron chi connectivity index (χ1n) is 6.80. The number of benzene rings is 1. The first kappa shape index (κ1) is 16.4. The number of hydrogen-bond acceptors (Lipinski definition) is 4. The highest BCUT2D eigenvalue weighted by Crippen LogP contribution is 2.20. The van der Waals surface area contributed by atoms with Gasteiger partial charge >= 0.3 is 5.97 Å². The van der Waals surface area contributed by atoms with Crippen LogP contribution in [-0.2, 0) is 11.3 Å². The smallest absolute Gasteiger partial charge is 0.317 e. The second-order valence-electron chi connectivity index (χ2n) is 4.85. The van der Waals surface area contributed by atoms with Crippen LogP contribution in [0.4, 0.5) is 4.39 Å². The van der Waals surface area contributed by atoms with E-state index in [-0.39, 0.29) is 11.6 Å². The molecule has 0 aliphatic rings. The molecule has 0 fully saturated rings. The van der Waals surface area contributed by atoms with E-state index < -0.39 is 11.8 Å². The average molecular weight is 327 g/mol. The minimum Gasteiger partial charge on any atom is -0.480 e. The van der Waals surface area contributed by atoms with Crippen LogP contribution >= 0.6 is 11.6 Å². The van der Waals surface area contributed by atoms with Crippen LogP contribution < -0.4 is 0 Å². The number of rotatable bonds is 7. The van der Waals surface area contributed by atoms with Crippen molar-refractivity contribution in [2.45, 2.75) is 19.9 Å². The Morgan fingerprint density at radius 2 is 2.27 bits per heavy atom. The van der Waals surface area contributed by atoms with Gasteiger partial charge in [-0.05, 0) is 31.2 Å². The second-order valence-corrected chi connectivity index (χ2v) is 5.26. The van der Waals surface area contributed by atoms with Gasteiger partial charge in [-0.15, -0.1) is 5.10 Å². The summed E-state index contributed by atoms with van der Waals surface area (Å²) in [4.78, 5) is 12.6. The largest absolute Gasteiger partial charge is 0.480 e. The Bertz CT molecular complexity index is 662. The Morgan fingerprint density at radius 3 is 2.91 bits per heavy atom. The molecule has 2 rings (SSSR count). The lowest BCUT2D eigenvalue weighted by molar-refractivity contribution is -0.138. The second kappa shape index (κ2) is 7.33. The number of halogens is 2. The van der Waals surface area contributed by atoms with Crippen LogP contribution in [0.25, 0.3) is 5.69 Å². The van der Waals surface area contributed by atoms with Crippen LogP contribution in [-0.4, -0.2) is 44.1 Å². The summed E-state index contributed by atoms with van der Waals surface area (Å²) < 4.78 is 14.5. The lowest BCUT2D eigenvalue weighted by Crippen LogP contribution is -2.30. The lowest BCUT2D eigenvalue weighted by atomic mass is 10.3. The first-order chi connectivity index (χ1) is 10.5. The van der Waals surface area contributed by atoms with E-state index in [1.807, 2.05) is 6.92 Å². The highest BCUT2D eigenvalue weighted by Gasteiger charge is 2.13. The monoisotopic (exact) mass is 326 g/mol. The molecule has 0 amide bonds. The Morgan fingerprint density at radius 1 is 1.50 bits per heavy atom. The number of carboxylic acids is 1. The summed E-state index contributed by atoms with van der Waals surface area (Å²) >= 11 is 5.98. The topological polar surface area (TPSA) is 71.2 Å². The highest BCUT2D eigenvalue weighted by molar-refractivity contribution is 6.32. The molecule has 22 heavy (non-hydrogen) atoms. The Balaban J connectivity index is 2.14. The maximum Gasteiger partial charge on any atom is 0.317 e. The van der Waals surface area contributed by atoms with Gasteiger partial charge in [0.05, 0.1) is 29.1 Å². The number of aliphatic carboxylic acids is 1. The summed E-state index contributed by atoms with van der Waals surface area (Å²) in [6.07, 6.45) is 2.49. The summed E-state index contributed by atoms with van der Waals surface area (Å²) in [5, 5.41) is 17.1. The predicted molar refractivity (Wildman–Crippen MR) is 79.5 cm³/mol. The van der Waals surface area contributed by atoms with Crippen molar-refractivity contribution in [3.8, 4) is 5.69 Å². The third-order valence-electron chi connectivity index (χ3n) is 2.98. The molecule has 0 aliphatic carbocycles. The van der Waals surface area contributed by atoms with E-state index >= 15 is 0 Å². The Hall–Kier alpha value is -1.99. The molecule has 8 heteroatoms. The minimum atomic E-state index is -0.887. The van der Waals surface area contributed by atoms with Crippen molar-refractivity contribution < 1.29 is 14.3 Å². The zero-order valence-electron chi connectivity index (χ0n) is 12.0. The van der Waals surface area contributed by atoms with Crippen molar-refractivity contribution in [3.63, 3.8) is 0 Å². The number of hydrogen-bond donors (Lipinski definition) is 1. The quantitative estimate of drug-likeness (QED) is 0.845. The molecule has 1 N–H and O–H groups in total. The van der Waals surface area contributed by atoms with Gasteiger partial charge in [-0.25, -0.2) is 9.07 Å². The van der Waals surface area contributed by atoms with Gasteiger partial charge in [0.2, 0.25) is 0 Å². The Labute approximate surface area is 132 Å². The molecule has 0 spiro atoms. The van der Waals surface area contributed by atoms with Gasteiger partial charge in [0.25, 0.3) is 0 Å². The molecule has 0 saturated carbocycles. The predicted octanol–water partition coefficient (Wildman–Crippen LogP) is 2.36. The van der Waals surface area contributed by atoms with Gasteiger partial charge in [0.15, 0.2) is 0 Å². The SMILES string of the molecule is CCCN(CC(=O)O)Cc1cn(-c2ccc(F)cc2Cl)nn1. The van der Waals surface area contributed by atoms with Gasteiger partial charge in [0, 0.05) is 6.54 Å². The molecule has 0 aliphatic heterocycles. The molecule has 1 aromatic carbocycles. The maximum absolute atomic E-state index is 13.1. The third-order valence-corrected chi connectivity index (χ3v) is 3.28. The minimum absolute atomic E-state index is 0.0575. The zero-order valence-corrected chi connectivity index (χ0v) is 12.8. The van der Waals surface area contributed by atoms with E-state index in [2.05, 4.69) is 10.3 Å².